The van der Waals surface area contributed by atoms with Crippen molar-refractivity contribution in [3.05, 3.63) is 24.4 Å². The van der Waals surface area contributed by atoms with Crippen molar-refractivity contribution in [2.24, 2.45) is 0 Å². The smallest absolute Gasteiger partial charge is 0.326 e. The summed E-state index contributed by atoms with van der Waals surface area (Å²) in [5.41, 5.74) is 0. The molecule has 0 amide bonds. The number of rotatable bonds is 2. The lowest BCUT2D eigenvalue weighted by atomic mass is 10.2. The van der Waals surface area contributed by atoms with Gasteiger partial charge in [0.15, 0.2) is 0 Å². The first-order valence-corrected chi connectivity index (χ1v) is 4.69. The molecule has 5 heteroatoms. The molecule has 0 saturated carbocycles. The van der Waals surface area contributed by atoms with Gasteiger partial charge in [0.2, 0.25) is 0 Å². The number of aromatic nitrogens is 1. The number of hydrogen-bond donors (Lipinski definition) is 1. The molecule has 4 nitrogen and oxygen atoms in total. The van der Waals surface area contributed by atoms with Gasteiger partial charge in [-0.3, -0.25) is 0 Å². The summed E-state index contributed by atoms with van der Waals surface area (Å²) in [7, 11) is 0. The van der Waals surface area contributed by atoms with Crippen molar-refractivity contribution in [3.8, 4) is 0 Å². The molecule has 1 fully saturated rings. The van der Waals surface area contributed by atoms with Crippen molar-refractivity contribution in [1.82, 2.24) is 4.98 Å². The molecule has 2 heterocycles. The van der Waals surface area contributed by atoms with Crippen LogP contribution in [0.25, 0.3) is 0 Å². The maximum atomic E-state index is 10.9. The van der Waals surface area contributed by atoms with E-state index in [4.69, 9.17) is 5.11 Å². The molecule has 2 rings (SSSR count). The minimum absolute atomic E-state index is 0. The van der Waals surface area contributed by atoms with Gasteiger partial charge in [0.25, 0.3) is 0 Å². The fourth-order valence-corrected chi connectivity index (χ4v) is 1.82. The molecule has 82 valence electrons. The van der Waals surface area contributed by atoms with Gasteiger partial charge in [-0.05, 0) is 25.0 Å². The van der Waals surface area contributed by atoms with Gasteiger partial charge >= 0.3 is 5.97 Å². The van der Waals surface area contributed by atoms with E-state index in [1.54, 1.807) is 6.20 Å². The van der Waals surface area contributed by atoms with Crippen LogP contribution in [0.4, 0.5) is 5.82 Å². The molecule has 0 bridgehead atoms. The van der Waals surface area contributed by atoms with Crippen LogP contribution >= 0.6 is 12.4 Å². The van der Waals surface area contributed by atoms with Crippen LogP contribution in [0.3, 0.4) is 0 Å². The lowest BCUT2D eigenvalue weighted by Gasteiger charge is -2.21. The Labute approximate surface area is 94.3 Å². The largest absolute Gasteiger partial charge is 0.480 e. The number of carboxylic acids is 1. The Morgan fingerprint density at radius 2 is 2.33 bits per heavy atom. The van der Waals surface area contributed by atoms with E-state index in [9.17, 15) is 4.79 Å². The van der Waals surface area contributed by atoms with E-state index in [-0.39, 0.29) is 12.4 Å². The summed E-state index contributed by atoms with van der Waals surface area (Å²) in [6, 6.07) is 5.15. The van der Waals surface area contributed by atoms with E-state index in [1.165, 1.54) is 0 Å². The fourth-order valence-electron chi connectivity index (χ4n) is 1.82. The second-order valence-electron chi connectivity index (χ2n) is 3.38. The zero-order chi connectivity index (χ0) is 9.97. The maximum absolute atomic E-state index is 10.9. The third-order valence-corrected chi connectivity index (χ3v) is 2.48. The summed E-state index contributed by atoms with van der Waals surface area (Å²) in [5, 5.41) is 8.98. The standard InChI is InChI=1S/C10H12N2O2.ClH/c13-10(14)8-4-3-7-12(8)9-5-1-2-6-11-9;/h1-2,5-6,8H,3-4,7H2,(H,13,14);1H. The number of hydrogen-bond acceptors (Lipinski definition) is 3. The molecule has 1 N–H and O–H groups in total. The van der Waals surface area contributed by atoms with Gasteiger partial charge in [0, 0.05) is 12.7 Å². The highest BCUT2D eigenvalue weighted by Crippen LogP contribution is 2.23. The molecule has 1 atom stereocenters. The monoisotopic (exact) mass is 228 g/mol. The van der Waals surface area contributed by atoms with Gasteiger partial charge in [-0.25, -0.2) is 9.78 Å². The highest BCUT2D eigenvalue weighted by atomic mass is 35.5. The van der Waals surface area contributed by atoms with Gasteiger partial charge in [0.05, 0.1) is 0 Å². The number of anilines is 1. The van der Waals surface area contributed by atoms with Gasteiger partial charge < -0.3 is 10.0 Å². The summed E-state index contributed by atoms with van der Waals surface area (Å²) in [4.78, 5) is 16.9. The van der Waals surface area contributed by atoms with E-state index in [0.29, 0.717) is 6.42 Å². The lowest BCUT2D eigenvalue weighted by Crippen LogP contribution is -2.36. The molecular weight excluding hydrogens is 216 g/mol. The molecule has 0 aromatic carbocycles. The minimum Gasteiger partial charge on any atom is -0.480 e. The van der Waals surface area contributed by atoms with E-state index >= 15 is 0 Å². The molecule has 15 heavy (non-hydrogen) atoms. The number of aliphatic carboxylic acids is 1. The van der Waals surface area contributed by atoms with E-state index < -0.39 is 12.0 Å². The molecule has 1 aliphatic rings. The molecule has 1 aromatic heterocycles. The van der Waals surface area contributed by atoms with E-state index in [2.05, 4.69) is 4.98 Å². The Kier molecular flexibility index (Phi) is 3.91. The van der Waals surface area contributed by atoms with Crippen LogP contribution in [0, 0.1) is 0 Å². The van der Waals surface area contributed by atoms with Crippen molar-refractivity contribution in [3.63, 3.8) is 0 Å². The Morgan fingerprint density at radius 3 is 2.93 bits per heavy atom. The van der Waals surface area contributed by atoms with Crippen molar-refractivity contribution >= 4 is 24.2 Å². The predicted molar refractivity (Wildman–Crippen MR) is 59.5 cm³/mol. The highest BCUT2D eigenvalue weighted by molar-refractivity contribution is 5.85. The number of pyridine rings is 1. The maximum Gasteiger partial charge on any atom is 0.326 e. The first kappa shape index (κ1) is 11.8. The number of halogens is 1. The molecule has 0 radical (unpaired) electrons. The topological polar surface area (TPSA) is 53.4 Å². The van der Waals surface area contributed by atoms with Crippen LogP contribution in [-0.2, 0) is 4.79 Å². The normalized spacial score (nSPS) is 19.7. The second kappa shape index (κ2) is 4.98. The number of carboxylic acid groups (broad SMARTS) is 1. The van der Waals surface area contributed by atoms with E-state index in [0.717, 1.165) is 18.8 Å². The SMILES string of the molecule is Cl.O=C(O)C1CCCN1c1ccccn1. The lowest BCUT2D eigenvalue weighted by molar-refractivity contribution is -0.138. The Bertz CT molecular complexity index is 331. The molecule has 0 aliphatic carbocycles. The first-order valence-electron chi connectivity index (χ1n) is 4.69. The zero-order valence-corrected chi connectivity index (χ0v) is 8.98. The number of carbonyl (C=O) groups is 1. The summed E-state index contributed by atoms with van der Waals surface area (Å²) in [5.74, 6) is 0.00514. The molecule has 1 aliphatic heterocycles. The van der Waals surface area contributed by atoms with Crippen LogP contribution in [0.5, 0.6) is 0 Å². The van der Waals surface area contributed by atoms with Crippen molar-refractivity contribution in [1.29, 1.82) is 0 Å². The number of nitrogens with zero attached hydrogens (tertiary/aromatic N) is 2. The molecular formula is C10H13ClN2O2. The molecule has 1 aromatic rings. The summed E-state index contributed by atoms with van der Waals surface area (Å²) < 4.78 is 0. The summed E-state index contributed by atoms with van der Waals surface area (Å²) in [6.07, 6.45) is 3.33. The highest BCUT2D eigenvalue weighted by Gasteiger charge is 2.30. The van der Waals surface area contributed by atoms with Crippen molar-refractivity contribution < 1.29 is 9.90 Å². The van der Waals surface area contributed by atoms with Crippen LogP contribution in [0.2, 0.25) is 0 Å². The molecule has 1 saturated heterocycles. The van der Waals surface area contributed by atoms with Gasteiger partial charge in [-0.1, -0.05) is 6.07 Å². The van der Waals surface area contributed by atoms with Crippen LogP contribution in [0.1, 0.15) is 12.8 Å². The third kappa shape index (κ3) is 2.39. The van der Waals surface area contributed by atoms with Crippen molar-refractivity contribution in [2.45, 2.75) is 18.9 Å². The first-order chi connectivity index (χ1) is 6.79. The zero-order valence-electron chi connectivity index (χ0n) is 8.17. The van der Waals surface area contributed by atoms with Gasteiger partial charge in [0.1, 0.15) is 11.9 Å². The fraction of sp³-hybridized carbons (Fsp3) is 0.400. The van der Waals surface area contributed by atoms with Crippen LogP contribution < -0.4 is 4.90 Å². The summed E-state index contributed by atoms with van der Waals surface area (Å²) in [6.45, 7) is 0.786. The average molecular weight is 229 g/mol. The molecule has 0 spiro atoms. The van der Waals surface area contributed by atoms with Gasteiger partial charge in [-0.2, -0.15) is 0 Å². The Balaban J connectivity index is 0.00000112. The van der Waals surface area contributed by atoms with Gasteiger partial charge in [-0.15, -0.1) is 12.4 Å². The average Bonchev–Trinajstić information content (AvgIpc) is 2.67. The van der Waals surface area contributed by atoms with Crippen molar-refractivity contribution in [2.75, 3.05) is 11.4 Å². The van der Waals surface area contributed by atoms with E-state index in [1.807, 2.05) is 23.1 Å². The Hall–Kier alpha value is -1.29. The predicted octanol–water partition coefficient (Wildman–Crippen LogP) is 1.56. The second-order valence-corrected chi connectivity index (χ2v) is 3.38. The molecule has 1 unspecified atom stereocenters. The third-order valence-electron chi connectivity index (χ3n) is 2.48. The minimum atomic E-state index is -0.756. The van der Waals surface area contributed by atoms with Crippen LogP contribution in [-0.4, -0.2) is 28.6 Å². The summed E-state index contributed by atoms with van der Waals surface area (Å²) >= 11 is 0. The quantitative estimate of drug-likeness (QED) is 0.835. The Morgan fingerprint density at radius 1 is 1.53 bits per heavy atom. The van der Waals surface area contributed by atoms with Crippen LogP contribution in [0.15, 0.2) is 24.4 Å².